The van der Waals surface area contributed by atoms with E-state index in [4.69, 9.17) is 9.16 Å². The van der Waals surface area contributed by atoms with Crippen molar-refractivity contribution in [3.05, 3.63) is 23.5 Å². The molecule has 22 heavy (non-hydrogen) atoms. The van der Waals surface area contributed by atoms with Gasteiger partial charge in [-0.3, -0.25) is 4.79 Å². The molecule has 0 amide bonds. The zero-order chi connectivity index (χ0) is 17.3. The molecular weight excluding hydrogens is 292 g/mol. The highest BCUT2D eigenvalue weighted by Crippen LogP contribution is 2.43. The van der Waals surface area contributed by atoms with Crippen molar-refractivity contribution in [3.63, 3.8) is 0 Å². The molecule has 126 valence electrons. The maximum atomic E-state index is 12.1. The Hall–Kier alpha value is -1.03. The number of carbonyl (C=O) groups is 1. The summed E-state index contributed by atoms with van der Waals surface area (Å²) in [4.78, 5) is 12.1. The Balaban J connectivity index is 3.17. The first-order valence-electron chi connectivity index (χ1n) is 8.02. The minimum Gasteiger partial charge on any atom is -0.547 e. The molecule has 0 spiro atoms. The normalized spacial score (nSPS) is 23.3. The lowest BCUT2D eigenvalue weighted by Gasteiger charge is -2.41. The van der Waals surface area contributed by atoms with Gasteiger partial charge in [0.05, 0.1) is 18.8 Å². The van der Waals surface area contributed by atoms with Crippen LogP contribution in [0, 0.1) is 11.8 Å². The number of allylic oxidation sites excluding steroid dienone is 2. The summed E-state index contributed by atoms with van der Waals surface area (Å²) in [6.07, 6.45) is 1.62. The van der Waals surface area contributed by atoms with Crippen molar-refractivity contribution in [2.75, 3.05) is 7.11 Å². The van der Waals surface area contributed by atoms with E-state index in [0.29, 0.717) is 0 Å². The Labute approximate surface area is 136 Å². The summed E-state index contributed by atoms with van der Waals surface area (Å²) >= 11 is 0. The van der Waals surface area contributed by atoms with Gasteiger partial charge in [-0.1, -0.05) is 32.9 Å². The predicted molar refractivity (Wildman–Crippen MR) is 94.0 cm³/mol. The molecule has 1 aliphatic carbocycles. The van der Waals surface area contributed by atoms with Gasteiger partial charge in [0.25, 0.3) is 0 Å². The van der Waals surface area contributed by atoms with E-state index in [9.17, 15) is 4.79 Å². The zero-order valence-electron chi connectivity index (χ0n) is 15.5. The first-order valence-corrected chi connectivity index (χ1v) is 10.9. The van der Waals surface area contributed by atoms with E-state index in [0.717, 1.165) is 29.7 Å². The molecule has 0 radical (unpaired) electrons. The molecule has 0 aromatic rings. The van der Waals surface area contributed by atoms with Crippen molar-refractivity contribution in [2.24, 2.45) is 11.8 Å². The summed E-state index contributed by atoms with van der Waals surface area (Å²) in [7, 11) is -0.460. The number of carbonyl (C=O) groups excluding carboxylic acids is 1. The summed E-state index contributed by atoms with van der Waals surface area (Å²) in [5, 5.41) is 0.136. The van der Waals surface area contributed by atoms with Crippen molar-refractivity contribution in [1.82, 2.24) is 0 Å². The molecule has 1 aliphatic rings. The second-order valence-corrected chi connectivity index (χ2v) is 12.8. The van der Waals surface area contributed by atoms with E-state index >= 15 is 0 Å². The third-order valence-electron chi connectivity index (χ3n) is 5.28. The molecule has 0 aliphatic heterocycles. The van der Waals surface area contributed by atoms with E-state index in [2.05, 4.69) is 40.4 Å². The lowest BCUT2D eigenvalue weighted by molar-refractivity contribution is -0.144. The summed E-state index contributed by atoms with van der Waals surface area (Å²) in [5.74, 6) is 0.897. The molecule has 4 heteroatoms. The summed E-state index contributed by atoms with van der Waals surface area (Å²) < 4.78 is 11.5. The first-order chi connectivity index (χ1) is 9.90. The molecule has 0 saturated heterocycles. The molecule has 0 bridgehead atoms. The van der Waals surface area contributed by atoms with Gasteiger partial charge in [-0.05, 0) is 49.9 Å². The molecule has 1 rings (SSSR count). The van der Waals surface area contributed by atoms with Gasteiger partial charge >= 0.3 is 5.97 Å². The van der Waals surface area contributed by atoms with Crippen molar-refractivity contribution in [2.45, 2.75) is 65.6 Å². The lowest BCUT2D eigenvalue weighted by Crippen LogP contribution is -2.42. The van der Waals surface area contributed by atoms with Crippen LogP contribution in [0.1, 0.15) is 47.5 Å². The molecule has 0 aromatic carbocycles. The predicted octanol–water partition coefficient (Wildman–Crippen LogP) is 5.06. The highest BCUT2D eigenvalue weighted by atomic mass is 28.4. The third kappa shape index (κ3) is 4.03. The van der Waals surface area contributed by atoms with Crippen LogP contribution in [0.5, 0.6) is 0 Å². The van der Waals surface area contributed by atoms with Gasteiger partial charge in [0, 0.05) is 6.42 Å². The van der Waals surface area contributed by atoms with Gasteiger partial charge in [0.1, 0.15) is 0 Å². The highest BCUT2D eigenvalue weighted by molar-refractivity contribution is 6.74. The van der Waals surface area contributed by atoms with Crippen molar-refractivity contribution in [3.8, 4) is 0 Å². The van der Waals surface area contributed by atoms with Crippen LogP contribution in [-0.2, 0) is 14.0 Å². The van der Waals surface area contributed by atoms with Crippen LogP contribution in [0.15, 0.2) is 23.5 Å². The van der Waals surface area contributed by atoms with Gasteiger partial charge in [-0.25, -0.2) is 0 Å². The molecule has 0 heterocycles. The fourth-order valence-corrected chi connectivity index (χ4v) is 3.66. The smallest absolute Gasteiger partial charge is 0.312 e. The van der Waals surface area contributed by atoms with E-state index in [-0.39, 0.29) is 22.8 Å². The second kappa shape index (κ2) is 6.61. The van der Waals surface area contributed by atoms with Crippen LogP contribution < -0.4 is 0 Å². The van der Waals surface area contributed by atoms with Crippen LogP contribution in [0.25, 0.3) is 0 Å². The number of hydrogen-bond acceptors (Lipinski definition) is 3. The maximum Gasteiger partial charge on any atom is 0.312 e. The Morgan fingerprint density at radius 1 is 1.32 bits per heavy atom. The zero-order valence-corrected chi connectivity index (χ0v) is 16.5. The van der Waals surface area contributed by atoms with E-state index in [1.165, 1.54) is 7.11 Å². The van der Waals surface area contributed by atoms with Crippen LogP contribution >= 0.6 is 0 Å². The monoisotopic (exact) mass is 324 g/mol. The quantitative estimate of drug-likeness (QED) is 0.412. The summed E-state index contributed by atoms with van der Waals surface area (Å²) in [5.41, 5.74) is 2.15. The first kappa shape index (κ1) is 19.0. The average molecular weight is 325 g/mol. The standard InChI is InChI=1S/C18H32O3Si/c1-12(2)14-10-15(17(19)20-7)13(3)16(11-14)21-22(8,9)18(4,5)6/h14-15H,1,10-11H2,2-9H3/t14-,15?/m0/s1. The van der Waals surface area contributed by atoms with Crippen molar-refractivity contribution >= 4 is 14.3 Å². The molecule has 1 unspecified atom stereocenters. The van der Waals surface area contributed by atoms with Crippen LogP contribution in [0.2, 0.25) is 18.1 Å². The van der Waals surface area contributed by atoms with Gasteiger partial charge < -0.3 is 9.16 Å². The second-order valence-electron chi connectivity index (χ2n) is 8.03. The molecule has 0 N–H and O–H groups in total. The fraction of sp³-hybridized carbons (Fsp3) is 0.722. The van der Waals surface area contributed by atoms with Gasteiger partial charge in [0.15, 0.2) is 0 Å². The SMILES string of the molecule is C=C(C)[C@@H]1CC(O[Si](C)(C)C(C)(C)C)=C(C)C(C(=O)OC)C1. The van der Waals surface area contributed by atoms with Crippen LogP contribution in [0.4, 0.5) is 0 Å². The number of ether oxygens (including phenoxy) is 1. The lowest BCUT2D eigenvalue weighted by atomic mass is 9.78. The average Bonchev–Trinajstić information content (AvgIpc) is 2.38. The number of rotatable bonds is 4. The molecule has 2 atom stereocenters. The van der Waals surface area contributed by atoms with E-state index in [1.54, 1.807) is 0 Å². The summed E-state index contributed by atoms with van der Waals surface area (Å²) in [6.45, 7) is 19.3. The largest absolute Gasteiger partial charge is 0.547 e. The van der Waals surface area contributed by atoms with Gasteiger partial charge in [-0.15, -0.1) is 0 Å². The van der Waals surface area contributed by atoms with E-state index < -0.39 is 8.32 Å². The topological polar surface area (TPSA) is 35.5 Å². The van der Waals surface area contributed by atoms with Gasteiger partial charge in [-0.2, -0.15) is 0 Å². The number of methoxy groups -OCH3 is 1. The Morgan fingerprint density at radius 2 is 1.86 bits per heavy atom. The molecule has 3 nitrogen and oxygen atoms in total. The number of hydrogen-bond donors (Lipinski definition) is 0. The Morgan fingerprint density at radius 3 is 2.27 bits per heavy atom. The number of esters is 1. The van der Waals surface area contributed by atoms with Crippen LogP contribution in [-0.4, -0.2) is 21.4 Å². The molecule has 0 saturated carbocycles. The van der Waals surface area contributed by atoms with Crippen molar-refractivity contribution in [1.29, 1.82) is 0 Å². The molecule has 0 fully saturated rings. The van der Waals surface area contributed by atoms with Gasteiger partial charge in [0.2, 0.25) is 8.32 Å². The van der Waals surface area contributed by atoms with E-state index in [1.807, 2.05) is 13.8 Å². The van der Waals surface area contributed by atoms with Crippen LogP contribution in [0.3, 0.4) is 0 Å². The van der Waals surface area contributed by atoms with Crippen molar-refractivity contribution < 1.29 is 14.0 Å². The fourth-order valence-electron chi connectivity index (χ4n) is 2.50. The molecule has 0 aromatic heterocycles. The Kier molecular flexibility index (Phi) is 5.71. The molecular formula is C18H32O3Si. The highest BCUT2D eigenvalue weighted by Gasteiger charge is 2.42. The minimum atomic E-state index is -1.91. The summed E-state index contributed by atoms with van der Waals surface area (Å²) in [6, 6.07) is 0. The Bertz CT molecular complexity index is 483. The maximum absolute atomic E-state index is 12.1. The minimum absolute atomic E-state index is 0.136. The third-order valence-corrected chi connectivity index (χ3v) is 9.65.